The van der Waals surface area contributed by atoms with E-state index in [2.05, 4.69) is 5.16 Å². The van der Waals surface area contributed by atoms with Gasteiger partial charge in [-0.2, -0.15) is 0 Å². The second-order valence-corrected chi connectivity index (χ2v) is 4.06. The van der Waals surface area contributed by atoms with E-state index >= 15 is 0 Å². The van der Waals surface area contributed by atoms with E-state index in [-0.39, 0.29) is 11.6 Å². The maximum atomic E-state index is 12.6. The molecule has 2 N–H and O–H groups in total. The monoisotopic (exact) mass is 252 g/mol. The molecule has 3 nitrogen and oxygen atoms in total. The predicted molar refractivity (Wildman–Crippen MR) is 64.1 cm³/mol. The first kappa shape index (κ1) is 12.7. The molecule has 1 aromatic heterocycles. The maximum Gasteiger partial charge on any atom is 0.263 e. The fourth-order valence-electron chi connectivity index (χ4n) is 1.64. The van der Waals surface area contributed by atoms with Gasteiger partial charge in [0, 0.05) is 17.2 Å². The normalized spacial score (nSPS) is 12.9. The summed E-state index contributed by atoms with van der Waals surface area (Å²) >= 11 is 0. The predicted octanol–water partition coefficient (Wildman–Crippen LogP) is 3.69. The van der Waals surface area contributed by atoms with Crippen molar-refractivity contribution in [2.75, 3.05) is 0 Å². The molecule has 0 amide bonds. The first-order chi connectivity index (χ1) is 8.61. The molecular formula is C13H14F2N2O. The minimum Gasteiger partial charge on any atom is -0.359 e. The third kappa shape index (κ3) is 2.56. The van der Waals surface area contributed by atoms with Gasteiger partial charge in [0.15, 0.2) is 5.76 Å². The van der Waals surface area contributed by atoms with Crippen LogP contribution in [0.4, 0.5) is 8.78 Å². The van der Waals surface area contributed by atoms with Gasteiger partial charge < -0.3 is 10.3 Å². The number of benzene rings is 1. The highest BCUT2D eigenvalue weighted by molar-refractivity contribution is 5.60. The highest BCUT2D eigenvalue weighted by Gasteiger charge is 2.13. The van der Waals surface area contributed by atoms with Gasteiger partial charge in [-0.05, 0) is 12.5 Å². The fourth-order valence-corrected chi connectivity index (χ4v) is 1.64. The lowest BCUT2D eigenvalue weighted by Crippen LogP contribution is -2.06. The Morgan fingerprint density at radius 3 is 2.78 bits per heavy atom. The minimum absolute atomic E-state index is 0.0307. The van der Waals surface area contributed by atoms with Crippen LogP contribution >= 0.6 is 0 Å². The zero-order chi connectivity index (χ0) is 13.1. The second-order valence-electron chi connectivity index (χ2n) is 4.06. The van der Waals surface area contributed by atoms with Gasteiger partial charge in [0.2, 0.25) is 0 Å². The molecule has 0 saturated heterocycles. The zero-order valence-electron chi connectivity index (χ0n) is 9.94. The Labute approximate surface area is 104 Å². The fraction of sp³-hybridized carbons (Fsp3) is 0.308. The van der Waals surface area contributed by atoms with Crippen LogP contribution in [0.25, 0.3) is 11.3 Å². The first-order valence-electron chi connectivity index (χ1n) is 5.72. The van der Waals surface area contributed by atoms with Gasteiger partial charge in [0.1, 0.15) is 5.69 Å². The lowest BCUT2D eigenvalue weighted by atomic mass is 10.1. The summed E-state index contributed by atoms with van der Waals surface area (Å²) < 4.78 is 30.3. The number of aromatic nitrogens is 1. The summed E-state index contributed by atoms with van der Waals surface area (Å²) in [6, 6.07) is 7.55. The average Bonchev–Trinajstić information content (AvgIpc) is 2.87. The molecule has 0 aliphatic heterocycles. The molecular weight excluding hydrogens is 238 g/mol. The number of nitrogens with zero attached hydrogens (tertiary/aromatic N) is 1. The molecule has 0 aliphatic carbocycles. The molecule has 1 heterocycles. The van der Waals surface area contributed by atoms with Crippen LogP contribution in [0, 0.1) is 0 Å². The Morgan fingerprint density at radius 2 is 2.11 bits per heavy atom. The van der Waals surface area contributed by atoms with E-state index in [1.807, 2.05) is 6.92 Å². The van der Waals surface area contributed by atoms with Crippen molar-refractivity contribution < 1.29 is 13.3 Å². The van der Waals surface area contributed by atoms with E-state index in [4.69, 9.17) is 10.3 Å². The van der Waals surface area contributed by atoms with Crippen molar-refractivity contribution in [2.45, 2.75) is 25.8 Å². The van der Waals surface area contributed by atoms with Crippen LogP contribution in [-0.2, 0) is 0 Å². The molecule has 2 aromatic rings. The smallest absolute Gasteiger partial charge is 0.263 e. The van der Waals surface area contributed by atoms with Gasteiger partial charge in [-0.1, -0.05) is 30.3 Å². The van der Waals surface area contributed by atoms with Crippen molar-refractivity contribution in [3.63, 3.8) is 0 Å². The highest BCUT2D eigenvalue weighted by atomic mass is 19.3. The third-order valence-electron chi connectivity index (χ3n) is 2.77. The Morgan fingerprint density at radius 1 is 1.33 bits per heavy atom. The molecule has 0 bridgehead atoms. The van der Waals surface area contributed by atoms with Crippen molar-refractivity contribution >= 4 is 0 Å². The topological polar surface area (TPSA) is 52.0 Å². The summed E-state index contributed by atoms with van der Waals surface area (Å²) in [5.74, 6) is 0.565. The van der Waals surface area contributed by atoms with E-state index in [0.29, 0.717) is 17.0 Å². The Kier molecular flexibility index (Phi) is 3.72. The molecule has 0 spiro atoms. The number of halogens is 2. The van der Waals surface area contributed by atoms with Crippen molar-refractivity contribution in [3.05, 3.63) is 41.7 Å². The Bertz CT molecular complexity index is 525. The van der Waals surface area contributed by atoms with Crippen LogP contribution in [0.1, 0.15) is 37.1 Å². The molecule has 0 saturated carbocycles. The van der Waals surface area contributed by atoms with Crippen LogP contribution in [0.2, 0.25) is 0 Å². The number of nitrogens with two attached hydrogens (primary N) is 1. The molecule has 96 valence electrons. The van der Waals surface area contributed by atoms with Gasteiger partial charge in [0.05, 0.1) is 6.04 Å². The van der Waals surface area contributed by atoms with Crippen LogP contribution < -0.4 is 5.73 Å². The maximum absolute atomic E-state index is 12.6. The number of alkyl halides is 2. The van der Waals surface area contributed by atoms with Crippen molar-refractivity contribution in [1.82, 2.24) is 5.16 Å². The summed E-state index contributed by atoms with van der Waals surface area (Å²) in [5.41, 5.74) is 6.91. The van der Waals surface area contributed by atoms with E-state index in [1.165, 1.54) is 12.1 Å². The Hall–Kier alpha value is -1.75. The largest absolute Gasteiger partial charge is 0.359 e. The quantitative estimate of drug-likeness (QED) is 0.902. The first-order valence-corrected chi connectivity index (χ1v) is 5.72. The standard InChI is InChI=1S/C13H14F2N2O/c1-2-10(16)12-7-11(17-18-12)8-4-3-5-9(6-8)13(14)15/h3-7,10,13H,2,16H2,1H3. The lowest BCUT2D eigenvalue weighted by molar-refractivity contribution is 0.151. The van der Waals surface area contributed by atoms with Crippen LogP contribution in [-0.4, -0.2) is 5.16 Å². The molecule has 0 aliphatic rings. The van der Waals surface area contributed by atoms with E-state index in [0.717, 1.165) is 6.42 Å². The molecule has 5 heteroatoms. The summed E-state index contributed by atoms with van der Waals surface area (Å²) in [6.07, 6.45) is -1.76. The van der Waals surface area contributed by atoms with Gasteiger partial charge in [-0.25, -0.2) is 8.78 Å². The third-order valence-corrected chi connectivity index (χ3v) is 2.77. The molecule has 1 aromatic carbocycles. The van der Waals surface area contributed by atoms with E-state index < -0.39 is 6.43 Å². The average molecular weight is 252 g/mol. The van der Waals surface area contributed by atoms with E-state index in [9.17, 15) is 8.78 Å². The number of hydrogen-bond donors (Lipinski definition) is 1. The molecule has 18 heavy (non-hydrogen) atoms. The summed E-state index contributed by atoms with van der Waals surface area (Å²) in [7, 11) is 0. The van der Waals surface area contributed by atoms with Gasteiger partial charge in [-0.3, -0.25) is 0 Å². The summed E-state index contributed by atoms with van der Waals surface area (Å²) in [5, 5.41) is 3.86. The highest BCUT2D eigenvalue weighted by Crippen LogP contribution is 2.26. The van der Waals surface area contributed by atoms with E-state index in [1.54, 1.807) is 18.2 Å². The molecule has 1 unspecified atom stereocenters. The van der Waals surface area contributed by atoms with Gasteiger partial charge in [0.25, 0.3) is 6.43 Å². The van der Waals surface area contributed by atoms with Crippen LogP contribution in [0.15, 0.2) is 34.9 Å². The summed E-state index contributed by atoms with van der Waals surface area (Å²) in [4.78, 5) is 0. The summed E-state index contributed by atoms with van der Waals surface area (Å²) in [6.45, 7) is 1.93. The molecule has 2 rings (SSSR count). The van der Waals surface area contributed by atoms with Gasteiger partial charge in [-0.15, -0.1) is 0 Å². The van der Waals surface area contributed by atoms with Crippen molar-refractivity contribution in [3.8, 4) is 11.3 Å². The zero-order valence-corrected chi connectivity index (χ0v) is 9.94. The molecule has 0 radical (unpaired) electrons. The van der Waals surface area contributed by atoms with Crippen molar-refractivity contribution in [2.24, 2.45) is 5.73 Å². The number of hydrogen-bond acceptors (Lipinski definition) is 3. The molecule has 0 fully saturated rings. The Balaban J connectivity index is 2.31. The lowest BCUT2D eigenvalue weighted by Gasteiger charge is -2.01. The second kappa shape index (κ2) is 5.27. The van der Waals surface area contributed by atoms with Crippen LogP contribution in [0.5, 0.6) is 0 Å². The molecule has 1 atom stereocenters. The van der Waals surface area contributed by atoms with Crippen molar-refractivity contribution in [1.29, 1.82) is 0 Å². The van der Waals surface area contributed by atoms with Crippen LogP contribution in [0.3, 0.4) is 0 Å². The SMILES string of the molecule is CCC(N)c1cc(-c2cccc(C(F)F)c2)no1. The number of rotatable bonds is 4. The van der Waals surface area contributed by atoms with Gasteiger partial charge >= 0.3 is 0 Å². The minimum atomic E-state index is -2.49.